The van der Waals surface area contributed by atoms with Crippen LogP contribution in [-0.2, 0) is 0 Å². The Bertz CT molecular complexity index is 821. The van der Waals surface area contributed by atoms with Crippen LogP contribution in [0.15, 0.2) is 48.5 Å². The van der Waals surface area contributed by atoms with Crippen LogP contribution in [0.3, 0.4) is 0 Å². The zero-order chi connectivity index (χ0) is 20.7. The maximum atomic E-state index is 12.3. The first-order valence-electron chi connectivity index (χ1n) is 8.98. The summed E-state index contributed by atoms with van der Waals surface area (Å²) in [5.41, 5.74) is 2.13. The van der Waals surface area contributed by atoms with Crippen molar-refractivity contribution in [2.45, 2.75) is 6.04 Å². The molecule has 0 saturated heterocycles. The molecule has 0 aliphatic heterocycles. The number of methoxy groups -OCH3 is 1. The van der Waals surface area contributed by atoms with Crippen molar-refractivity contribution in [3.63, 3.8) is 0 Å². The molecule has 0 aliphatic carbocycles. The molecular formula is C21H28N4O3. The van der Waals surface area contributed by atoms with Gasteiger partial charge in [-0.3, -0.25) is 4.79 Å². The summed E-state index contributed by atoms with van der Waals surface area (Å²) < 4.78 is 5.29. The third-order valence-electron chi connectivity index (χ3n) is 4.33. The lowest BCUT2D eigenvalue weighted by Gasteiger charge is -2.25. The molecule has 0 heterocycles. The van der Waals surface area contributed by atoms with Gasteiger partial charge in [0, 0.05) is 31.9 Å². The molecule has 3 amide bonds. The van der Waals surface area contributed by atoms with Crippen LogP contribution in [-0.4, -0.2) is 63.6 Å². The number of likely N-dealkylation sites (N-methyl/N-ethyl adjacent to an activating group) is 1. The molecule has 0 spiro atoms. The predicted molar refractivity (Wildman–Crippen MR) is 111 cm³/mol. The fourth-order valence-corrected chi connectivity index (χ4v) is 2.80. The molecule has 7 nitrogen and oxygen atoms in total. The number of urea groups is 1. The number of benzene rings is 2. The van der Waals surface area contributed by atoms with Crippen LogP contribution >= 0.6 is 0 Å². The fraction of sp³-hybridized carbons (Fsp3) is 0.333. The van der Waals surface area contributed by atoms with Gasteiger partial charge in [0.2, 0.25) is 0 Å². The molecule has 0 radical (unpaired) electrons. The SMILES string of the molecule is COc1cccc(C(CNC(=O)Nc2cccc(C(=O)N(C)C)c2)N(C)C)c1. The molecule has 0 fully saturated rings. The second kappa shape index (κ2) is 9.75. The van der Waals surface area contributed by atoms with E-state index in [9.17, 15) is 9.59 Å². The Morgan fingerprint density at radius 3 is 2.39 bits per heavy atom. The van der Waals surface area contributed by atoms with Crippen molar-refractivity contribution >= 4 is 17.6 Å². The van der Waals surface area contributed by atoms with E-state index in [4.69, 9.17) is 4.74 Å². The van der Waals surface area contributed by atoms with Gasteiger partial charge in [-0.25, -0.2) is 4.79 Å². The third kappa shape index (κ3) is 5.72. The van der Waals surface area contributed by atoms with E-state index in [1.54, 1.807) is 45.5 Å². The molecular weight excluding hydrogens is 356 g/mol. The van der Waals surface area contributed by atoms with Crippen molar-refractivity contribution in [3.05, 3.63) is 59.7 Å². The number of nitrogens with zero attached hydrogens (tertiary/aromatic N) is 2. The smallest absolute Gasteiger partial charge is 0.319 e. The van der Waals surface area contributed by atoms with Crippen LogP contribution in [0.1, 0.15) is 22.0 Å². The molecule has 0 saturated carbocycles. The van der Waals surface area contributed by atoms with E-state index in [-0.39, 0.29) is 18.0 Å². The van der Waals surface area contributed by atoms with Gasteiger partial charge in [-0.1, -0.05) is 18.2 Å². The Hall–Kier alpha value is -3.06. The van der Waals surface area contributed by atoms with E-state index >= 15 is 0 Å². The van der Waals surface area contributed by atoms with Crippen molar-refractivity contribution in [1.29, 1.82) is 0 Å². The molecule has 28 heavy (non-hydrogen) atoms. The molecule has 2 N–H and O–H groups in total. The summed E-state index contributed by atoms with van der Waals surface area (Å²) in [6, 6.07) is 14.3. The number of rotatable bonds is 7. The zero-order valence-corrected chi connectivity index (χ0v) is 17.0. The predicted octanol–water partition coefficient (Wildman–Crippen LogP) is 2.82. The van der Waals surface area contributed by atoms with Gasteiger partial charge in [0.05, 0.1) is 13.2 Å². The lowest BCUT2D eigenvalue weighted by Crippen LogP contribution is -2.37. The molecule has 0 bridgehead atoms. The number of amides is 3. The summed E-state index contributed by atoms with van der Waals surface area (Å²) in [5, 5.41) is 5.67. The average molecular weight is 384 g/mol. The van der Waals surface area contributed by atoms with Gasteiger partial charge >= 0.3 is 6.03 Å². The van der Waals surface area contributed by atoms with Crippen molar-refractivity contribution in [2.75, 3.05) is 47.2 Å². The van der Waals surface area contributed by atoms with Crippen molar-refractivity contribution < 1.29 is 14.3 Å². The van der Waals surface area contributed by atoms with Gasteiger partial charge < -0.3 is 25.2 Å². The number of anilines is 1. The molecule has 2 aromatic rings. The molecule has 150 valence electrons. The number of hydrogen-bond donors (Lipinski definition) is 2. The quantitative estimate of drug-likeness (QED) is 0.770. The number of carbonyl (C=O) groups is 2. The van der Waals surface area contributed by atoms with Crippen LogP contribution in [0.2, 0.25) is 0 Å². The fourth-order valence-electron chi connectivity index (χ4n) is 2.80. The topological polar surface area (TPSA) is 73.9 Å². The monoisotopic (exact) mass is 384 g/mol. The average Bonchev–Trinajstić information content (AvgIpc) is 2.67. The van der Waals surface area contributed by atoms with E-state index in [0.29, 0.717) is 17.8 Å². The van der Waals surface area contributed by atoms with E-state index < -0.39 is 0 Å². The number of hydrogen-bond acceptors (Lipinski definition) is 4. The van der Waals surface area contributed by atoms with Crippen LogP contribution < -0.4 is 15.4 Å². The molecule has 1 unspecified atom stereocenters. The third-order valence-corrected chi connectivity index (χ3v) is 4.33. The molecule has 0 aromatic heterocycles. The van der Waals surface area contributed by atoms with Crippen molar-refractivity contribution in [2.24, 2.45) is 0 Å². The highest BCUT2D eigenvalue weighted by molar-refractivity contribution is 5.96. The van der Waals surface area contributed by atoms with Gasteiger partial charge in [0.1, 0.15) is 5.75 Å². The first-order valence-corrected chi connectivity index (χ1v) is 8.98. The number of carbonyl (C=O) groups excluding carboxylic acids is 2. The number of ether oxygens (including phenoxy) is 1. The summed E-state index contributed by atoms with van der Waals surface area (Å²) in [5.74, 6) is 0.658. The summed E-state index contributed by atoms with van der Waals surface area (Å²) in [4.78, 5) is 27.9. The van der Waals surface area contributed by atoms with Crippen molar-refractivity contribution in [3.8, 4) is 5.75 Å². The second-order valence-corrected chi connectivity index (χ2v) is 6.87. The van der Waals surface area contributed by atoms with Gasteiger partial charge in [0.15, 0.2) is 0 Å². The summed E-state index contributed by atoms with van der Waals surface area (Å²) in [6.45, 7) is 0.419. The minimum atomic E-state index is -0.329. The largest absolute Gasteiger partial charge is 0.497 e. The van der Waals surface area contributed by atoms with Crippen LogP contribution in [0, 0.1) is 0 Å². The first-order chi connectivity index (χ1) is 13.3. The minimum Gasteiger partial charge on any atom is -0.497 e. The maximum Gasteiger partial charge on any atom is 0.319 e. The minimum absolute atomic E-state index is 0.0116. The highest BCUT2D eigenvalue weighted by Crippen LogP contribution is 2.22. The van der Waals surface area contributed by atoms with Gasteiger partial charge in [0.25, 0.3) is 5.91 Å². The van der Waals surface area contributed by atoms with E-state index in [1.165, 1.54) is 4.90 Å². The zero-order valence-electron chi connectivity index (χ0n) is 17.0. The van der Waals surface area contributed by atoms with E-state index in [1.807, 2.05) is 43.3 Å². The van der Waals surface area contributed by atoms with Crippen LogP contribution in [0.25, 0.3) is 0 Å². The maximum absolute atomic E-state index is 12.3. The molecule has 2 aromatic carbocycles. The first kappa shape index (κ1) is 21.2. The Morgan fingerprint density at radius 1 is 1.04 bits per heavy atom. The highest BCUT2D eigenvalue weighted by Gasteiger charge is 2.16. The lowest BCUT2D eigenvalue weighted by atomic mass is 10.1. The standard InChI is InChI=1S/C21H28N4O3/c1-24(2)19(15-8-7-11-18(13-15)28-5)14-22-21(27)23-17-10-6-9-16(12-17)20(26)25(3)4/h6-13,19H,14H2,1-5H3,(H2,22,23,27). The van der Waals surface area contributed by atoms with Crippen LogP contribution in [0.5, 0.6) is 5.75 Å². The summed E-state index contributed by atoms with van der Waals surface area (Å²) in [7, 11) is 8.93. The molecule has 7 heteroatoms. The molecule has 2 rings (SSSR count). The molecule has 1 atom stereocenters. The van der Waals surface area contributed by atoms with Gasteiger partial charge in [-0.15, -0.1) is 0 Å². The Kier molecular flexibility index (Phi) is 7.40. The summed E-state index contributed by atoms with van der Waals surface area (Å²) >= 11 is 0. The van der Waals surface area contributed by atoms with Gasteiger partial charge in [-0.2, -0.15) is 0 Å². The van der Waals surface area contributed by atoms with E-state index in [2.05, 4.69) is 10.6 Å². The van der Waals surface area contributed by atoms with Crippen molar-refractivity contribution in [1.82, 2.24) is 15.1 Å². The molecule has 0 aliphatic rings. The normalized spacial score (nSPS) is 11.6. The number of nitrogens with one attached hydrogen (secondary N) is 2. The highest BCUT2D eigenvalue weighted by atomic mass is 16.5. The van der Waals surface area contributed by atoms with Gasteiger partial charge in [-0.05, 0) is 50.0 Å². The Labute approximate surface area is 166 Å². The van der Waals surface area contributed by atoms with E-state index in [0.717, 1.165) is 11.3 Å². The lowest BCUT2D eigenvalue weighted by molar-refractivity contribution is 0.0827. The summed E-state index contributed by atoms with van der Waals surface area (Å²) in [6.07, 6.45) is 0. The Balaban J connectivity index is 2.02. The second-order valence-electron chi connectivity index (χ2n) is 6.87. The van der Waals surface area contributed by atoms with Crippen LogP contribution in [0.4, 0.5) is 10.5 Å². The Morgan fingerprint density at radius 2 is 1.75 bits per heavy atom.